The van der Waals surface area contributed by atoms with E-state index in [0.29, 0.717) is 12.2 Å². The van der Waals surface area contributed by atoms with Gasteiger partial charge in [-0.2, -0.15) is 0 Å². The van der Waals surface area contributed by atoms with Crippen molar-refractivity contribution in [3.8, 4) is 16.9 Å². The Labute approximate surface area is 105 Å². The predicted molar refractivity (Wildman–Crippen MR) is 67.6 cm³/mol. The zero-order valence-electron chi connectivity index (χ0n) is 10.1. The van der Waals surface area contributed by atoms with Gasteiger partial charge >= 0.3 is 0 Å². The topological polar surface area (TPSA) is 9.23 Å². The lowest BCUT2D eigenvalue weighted by Crippen LogP contribution is -1.94. The minimum Gasteiger partial charge on any atom is -0.494 e. The normalized spacial score (nSPS) is 10.4. The third kappa shape index (κ3) is 2.67. The van der Waals surface area contributed by atoms with Crippen LogP contribution in [0.25, 0.3) is 11.1 Å². The summed E-state index contributed by atoms with van der Waals surface area (Å²) >= 11 is 0. The molecule has 0 spiro atoms. The number of ether oxygens (including phenoxy) is 1. The van der Waals surface area contributed by atoms with E-state index in [2.05, 4.69) is 0 Å². The molecule has 0 atom stereocenters. The van der Waals surface area contributed by atoms with Gasteiger partial charge in [0.1, 0.15) is 5.75 Å². The Bertz CT molecular complexity index is 521. The van der Waals surface area contributed by atoms with E-state index in [9.17, 15) is 8.78 Å². The van der Waals surface area contributed by atoms with Crippen molar-refractivity contribution < 1.29 is 13.5 Å². The third-order valence-corrected chi connectivity index (χ3v) is 2.59. The van der Waals surface area contributed by atoms with Gasteiger partial charge in [0.05, 0.1) is 6.61 Å². The number of benzene rings is 2. The molecule has 0 aromatic heterocycles. The largest absolute Gasteiger partial charge is 0.494 e. The van der Waals surface area contributed by atoms with Crippen molar-refractivity contribution in [1.29, 1.82) is 0 Å². The van der Waals surface area contributed by atoms with E-state index in [4.69, 9.17) is 4.74 Å². The van der Waals surface area contributed by atoms with Crippen molar-refractivity contribution in [3.63, 3.8) is 0 Å². The molecule has 0 aliphatic rings. The van der Waals surface area contributed by atoms with Crippen LogP contribution in [0.5, 0.6) is 5.75 Å². The average molecular weight is 248 g/mol. The molecule has 3 heteroatoms. The second-order valence-electron chi connectivity index (χ2n) is 3.97. The Kier molecular flexibility index (Phi) is 3.92. The van der Waals surface area contributed by atoms with E-state index in [1.54, 1.807) is 30.3 Å². The van der Waals surface area contributed by atoms with Gasteiger partial charge in [-0.3, -0.25) is 0 Å². The quantitative estimate of drug-likeness (QED) is 0.778. The molecule has 0 saturated heterocycles. The van der Waals surface area contributed by atoms with Crippen LogP contribution in [-0.4, -0.2) is 6.61 Å². The maximum absolute atomic E-state index is 13.6. The van der Waals surface area contributed by atoms with E-state index in [1.807, 2.05) is 6.92 Å². The number of halogens is 2. The molecule has 0 heterocycles. The molecule has 0 aliphatic heterocycles. The van der Waals surface area contributed by atoms with Crippen LogP contribution in [0.15, 0.2) is 42.5 Å². The molecule has 1 nitrogen and oxygen atoms in total. The third-order valence-electron chi connectivity index (χ3n) is 2.59. The first-order valence-corrected chi connectivity index (χ1v) is 5.89. The maximum atomic E-state index is 13.6. The fraction of sp³-hybridized carbons (Fsp3) is 0.200. The van der Waals surface area contributed by atoms with Crippen LogP contribution in [0, 0.1) is 11.6 Å². The summed E-state index contributed by atoms with van der Waals surface area (Å²) in [7, 11) is 0. The molecule has 0 aliphatic carbocycles. The lowest BCUT2D eigenvalue weighted by Gasteiger charge is -2.07. The summed E-state index contributed by atoms with van der Waals surface area (Å²) in [5.41, 5.74) is 0.896. The molecule has 2 aromatic carbocycles. The molecule has 2 rings (SSSR count). The predicted octanol–water partition coefficient (Wildman–Crippen LogP) is 4.42. The van der Waals surface area contributed by atoms with Gasteiger partial charge in [-0.25, -0.2) is 8.78 Å². The fourth-order valence-corrected chi connectivity index (χ4v) is 1.68. The van der Waals surface area contributed by atoms with E-state index in [1.165, 1.54) is 6.07 Å². The van der Waals surface area contributed by atoms with Crippen LogP contribution in [0.4, 0.5) is 8.78 Å². The minimum absolute atomic E-state index is 0.261. The molecular formula is C15H14F2O. The van der Waals surface area contributed by atoms with Gasteiger partial charge in [-0.05, 0) is 30.2 Å². The summed E-state index contributed by atoms with van der Waals surface area (Å²) in [6.45, 7) is 2.67. The highest BCUT2D eigenvalue weighted by atomic mass is 19.2. The molecule has 18 heavy (non-hydrogen) atoms. The van der Waals surface area contributed by atoms with Crippen molar-refractivity contribution in [2.45, 2.75) is 13.3 Å². The van der Waals surface area contributed by atoms with E-state index >= 15 is 0 Å². The Morgan fingerprint density at radius 1 is 1.00 bits per heavy atom. The van der Waals surface area contributed by atoms with Crippen LogP contribution in [0.2, 0.25) is 0 Å². The summed E-state index contributed by atoms with van der Waals surface area (Å²) in [6, 6.07) is 11.1. The first kappa shape index (κ1) is 12.6. The molecule has 94 valence electrons. The number of hydrogen-bond acceptors (Lipinski definition) is 1. The monoisotopic (exact) mass is 248 g/mol. The number of rotatable bonds is 4. The first-order chi connectivity index (χ1) is 8.72. The van der Waals surface area contributed by atoms with Crippen LogP contribution < -0.4 is 4.74 Å². The van der Waals surface area contributed by atoms with Crippen molar-refractivity contribution in [1.82, 2.24) is 0 Å². The molecule has 0 N–H and O–H groups in total. The van der Waals surface area contributed by atoms with Crippen molar-refractivity contribution in [3.05, 3.63) is 54.1 Å². The molecule has 0 fully saturated rings. The lowest BCUT2D eigenvalue weighted by atomic mass is 10.0. The van der Waals surface area contributed by atoms with Gasteiger partial charge in [0, 0.05) is 5.56 Å². The molecule has 0 amide bonds. The van der Waals surface area contributed by atoms with Crippen molar-refractivity contribution in [2.75, 3.05) is 6.61 Å². The SMILES string of the molecule is CCCOc1ccc(-c2cccc(F)c2F)cc1. The second-order valence-corrected chi connectivity index (χ2v) is 3.97. The van der Waals surface area contributed by atoms with Gasteiger partial charge in [-0.1, -0.05) is 31.2 Å². The van der Waals surface area contributed by atoms with Gasteiger partial charge in [0.25, 0.3) is 0 Å². The highest BCUT2D eigenvalue weighted by Gasteiger charge is 2.09. The molecular weight excluding hydrogens is 234 g/mol. The zero-order chi connectivity index (χ0) is 13.0. The smallest absolute Gasteiger partial charge is 0.166 e. The highest BCUT2D eigenvalue weighted by Crippen LogP contribution is 2.26. The van der Waals surface area contributed by atoms with Crippen LogP contribution in [0.3, 0.4) is 0 Å². The van der Waals surface area contributed by atoms with E-state index in [-0.39, 0.29) is 5.56 Å². The zero-order valence-corrected chi connectivity index (χ0v) is 10.1. The van der Waals surface area contributed by atoms with Crippen molar-refractivity contribution >= 4 is 0 Å². The standard InChI is InChI=1S/C15H14F2O/c1-2-10-18-12-8-6-11(7-9-12)13-4-3-5-14(16)15(13)17/h3-9H,2,10H2,1H3. The highest BCUT2D eigenvalue weighted by molar-refractivity contribution is 5.64. The van der Waals surface area contributed by atoms with Gasteiger partial charge in [0.15, 0.2) is 11.6 Å². The van der Waals surface area contributed by atoms with Gasteiger partial charge < -0.3 is 4.74 Å². The lowest BCUT2D eigenvalue weighted by molar-refractivity contribution is 0.317. The Hall–Kier alpha value is -1.90. The molecule has 0 saturated carbocycles. The van der Waals surface area contributed by atoms with E-state index < -0.39 is 11.6 Å². The number of hydrogen-bond donors (Lipinski definition) is 0. The van der Waals surface area contributed by atoms with Gasteiger partial charge in [-0.15, -0.1) is 0 Å². The van der Waals surface area contributed by atoms with Crippen molar-refractivity contribution in [2.24, 2.45) is 0 Å². The summed E-state index contributed by atoms with van der Waals surface area (Å²) in [5, 5.41) is 0. The minimum atomic E-state index is -0.834. The molecule has 0 unspecified atom stereocenters. The van der Waals surface area contributed by atoms with E-state index in [0.717, 1.165) is 18.2 Å². The molecule has 0 bridgehead atoms. The molecule has 2 aromatic rings. The Balaban J connectivity index is 2.26. The first-order valence-electron chi connectivity index (χ1n) is 5.89. The van der Waals surface area contributed by atoms with Crippen LogP contribution in [0.1, 0.15) is 13.3 Å². The summed E-state index contributed by atoms with van der Waals surface area (Å²) < 4.78 is 32.1. The Morgan fingerprint density at radius 3 is 2.39 bits per heavy atom. The van der Waals surface area contributed by atoms with Crippen LogP contribution in [-0.2, 0) is 0 Å². The summed E-state index contributed by atoms with van der Waals surface area (Å²) in [5.74, 6) is -0.920. The van der Waals surface area contributed by atoms with Crippen LogP contribution >= 0.6 is 0 Å². The fourth-order valence-electron chi connectivity index (χ4n) is 1.68. The summed E-state index contributed by atoms with van der Waals surface area (Å²) in [6.07, 6.45) is 0.931. The molecule has 0 radical (unpaired) electrons. The second kappa shape index (κ2) is 5.63. The maximum Gasteiger partial charge on any atom is 0.166 e. The average Bonchev–Trinajstić information content (AvgIpc) is 2.40. The summed E-state index contributed by atoms with van der Waals surface area (Å²) in [4.78, 5) is 0. The Morgan fingerprint density at radius 2 is 1.72 bits per heavy atom. The van der Waals surface area contributed by atoms with Gasteiger partial charge in [0.2, 0.25) is 0 Å².